The van der Waals surface area contributed by atoms with Crippen molar-refractivity contribution in [3.8, 4) is 11.5 Å². The summed E-state index contributed by atoms with van der Waals surface area (Å²) in [6, 6.07) is 12.9. The van der Waals surface area contributed by atoms with Crippen molar-refractivity contribution in [1.29, 1.82) is 0 Å². The van der Waals surface area contributed by atoms with Crippen LogP contribution < -0.4 is 9.47 Å². The molecule has 0 amide bonds. The Kier molecular flexibility index (Phi) is 6.34. The highest BCUT2D eigenvalue weighted by Crippen LogP contribution is 2.27. The summed E-state index contributed by atoms with van der Waals surface area (Å²) in [7, 11) is 6.84. The van der Waals surface area contributed by atoms with Crippen LogP contribution >= 0.6 is 0 Å². The van der Waals surface area contributed by atoms with E-state index in [1.165, 1.54) is 0 Å². The third kappa shape index (κ3) is 5.21. The fourth-order valence-electron chi connectivity index (χ4n) is 2.13. The largest absolute Gasteiger partial charge is 0.493 e. The van der Waals surface area contributed by atoms with Crippen LogP contribution in [0.25, 0.3) is 6.08 Å². The smallest absolute Gasteiger partial charge is 0.185 e. The fourth-order valence-corrected chi connectivity index (χ4v) is 2.13. The van der Waals surface area contributed by atoms with Crippen LogP contribution in [0.5, 0.6) is 11.5 Å². The lowest BCUT2D eigenvalue weighted by atomic mass is 10.1. The Bertz CT molecular complexity index is 778. The number of methoxy groups -OCH3 is 2. The molecular weight excluding hydrogens is 316 g/mol. The van der Waals surface area contributed by atoms with Crippen LogP contribution in [0.3, 0.4) is 0 Å². The van der Waals surface area contributed by atoms with Gasteiger partial charge in [-0.3, -0.25) is 4.79 Å². The van der Waals surface area contributed by atoms with E-state index in [0.29, 0.717) is 17.1 Å². The topological polar surface area (TPSA) is 51.1 Å². The molecule has 0 aliphatic carbocycles. The standard InChI is InChI=1S/C20H22N2O3/c1-22(2)21-14-16-7-5-15(6-8-16)9-11-18(23)17-10-12-19(24-3)20(13-17)25-4/h5-14H,1-4H3. The first kappa shape index (κ1) is 18.3. The molecule has 0 aromatic heterocycles. The van der Waals surface area contributed by atoms with E-state index < -0.39 is 0 Å². The van der Waals surface area contributed by atoms with Crippen molar-refractivity contribution in [2.45, 2.75) is 0 Å². The molecule has 2 aromatic rings. The number of allylic oxidation sites excluding steroid dienone is 1. The van der Waals surface area contributed by atoms with Crippen molar-refractivity contribution in [3.05, 3.63) is 65.2 Å². The average molecular weight is 338 g/mol. The zero-order valence-electron chi connectivity index (χ0n) is 14.9. The predicted molar refractivity (Wildman–Crippen MR) is 101 cm³/mol. The first-order valence-corrected chi connectivity index (χ1v) is 7.79. The zero-order chi connectivity index (χ0) is 18.2. The lowest BCUT2D eigenvalue weighted by Crippen LogP contribution is -2.01. The first-order valence-electron chi connectivity index (χ1n) is 7.79. The summed E-state index contributed by atoms with van der Waals surface area (Å²) in [5, 5.41) is 5.91. The summed E-state index contributed by atoms with van der Waals surface area (Å²) >= 11 is 0. The van der Waals surface area contributed by atoms with Gasteiger partial charge in [-0.25, -0.2) is 0 Å². The van der Waals surface area contributed by atoms with Crippen LogP contribution in [0.1, 0.15) is 21.5 Å². The highest BCUT2D eigenvalue weighted by Gasteiger charge is 2.08. The Morgan fingerprint density at radius 3 is 2.20 bits per heavy atom. The summed E-state index contributed by atoms with van der Waals surface area (Å²) in [5.74, 6) is 1.03. The van der Waals surface area contributed by atoms with Gasteiger partial charge < -0.3 is 14.5 Å². The summed E-state index contributed by atoms with van der Waals surface area (Å²) in [6.07, 6.45) is 5.11. The van der Waals surface area contributed by atoms with Crippen LogP contribution in [0, 0.1) is 0 Å². The Labute approximate surface area is 148 Å². The van der Waals surface area contributed by atoms with Gasteiger partial charge in [-0.05, 0) is 35.4 Å². The van der Waals surface area contributed by atoms with Crippen LogP contribution in [0.4, 0.5) is 0 Å². The highest BCUT2D eigenvalue weighted by molar-refractivity contribution is 6.07. The number of carbonyl (C=O) groups excluding carboxylic acids is 1. The van der Waals surface area contributed by atoms with E-state index in [1.54, 1.807) is 55.8 Å². The van der Waals surface area contributed by atoms with Crippen molar-refractivity contribution in [3.63, 3.8) is 0 Å². The summed E-state index contributed by atoms with van der Waals surface area (Å²) < 4.78 is 10.4. The van der Waals surface area contributed by atoms with Gasteiger partial charge in [0.25, 0.3) is 0 Å². The monoisotopic (exact) mass is 338 g/mol. The Morgan fingerprint density at radius 2 is 1.60 bits per heavy atom. The lowest BCUT2D eigenvalue weighted by molar-refractivity contribution is 0.104. The number of carbonyl (C=O) groups is 1. The molecule has 130 valence electrons. The molecule has 0 spiro atoms. The van der Waals surface area contributed by atoms with Crippen molar-refractivity contribution in [2.24, 2.45) is 5.10 Å². The van der Waals surface area contributed by atoms with E-state index >= 15 is 0 Å². The summed E-state index contributed by atoms with van der Waals surface area (Å²) in [5.41, 5.74) is 2.48. The molecule has 5 nitrogen and oxygen atoms in total. The maximum Gasteiger partial charge on any atom is 0.185 e. The molecule has 0 aliphatic heterocycles. The Balaban J connectivity index is 2.09. The minimum atomic E-state index is -0.0980. The van der Waals surface area contributed by atoms with Gasteiger partial charge in [0.05, 0.1) is 20.4 Å². The molecule has 0 saturated heterocycles. The van der Waals surface area contributed by atoms with Gasteiger partial charge in [0.15, 0.2) is 17.3 Å². The molecule has 0 saturated carbocycles. The normalized spacial score (nSPS) is 11.0. The van der Waals surface area contributed by atoms with Gasteiger partial charge in [-0.15, -0.1) is 0 Å². The van der Waals surface area contributed by atoms with Crippen molar-refractivity contribution >= 4 is 18.1 Å². The third-order valence-electron chi connectivity index (χ3n) is 3.47. The van der Waals surface area contributed by atoms with E-state index in [2.05, 4.69) is 5.10 Å². The van der Waals surface area contributed by atoms with Gasteiger partial charge in [0.1, 0.15) is 0 Å². The number of hydrazone groups is 1. The molecule has 0 bridgehead atoms. The molecule has 0 aliphatic rings. The first-order chi connectivity index (χ1) is 12.0. The second-order valence-corrected chi connectivity index (χ2v) is 5.53. The molecule has 0 unspecified atom stereocenters. The van der Waals surface area contributed by atoms with E-state index in [4.69, 9.17) is 9.47 Å². The molecule has 2 aromatic carbocycles. The third-order valence-corrected chi connectivity index (χ3v) is 3.47. The van der Waals surface area contributed by atoms with E-state index in [-0.39, 0.29) is 5.78 Å². The minimum Gasteiger partial charge on any atom is -0.493 e. The number of hydrogen-bond acceptors (Lipinski definition) is 5. The van der Waals surface area contributed by atoms with Crippen LogP contribution in [-0.4, -0.2) is 45.3 Å². The molecule has 0 fully saturated rings. The number of benzene rings is 2. The van der Waals surface area contributed by atoms with Crippen LogP contribution in [0.2, 0.25) is 0 Å². The molecule has 0 radical (unpaired) electrons. The molecule has 5 heteroatoms. The molecule has 2 rings (SSSR count). The van der Waals surface area contributed by atoms with Gasteiger partial charge in [0.2, 0.25) is 0 Å². The number of hydrogen-bond donors (Lipinski definition) is 0. The number of nitrogens with zero attached hydrogens (tertiary/aromatic N) is 2. The van der Waals surface area contributed by atoms with E-state index in [1.807, 2.05) is 38.4 Å². The zero-order valence-corrected chi connectivity index (χ0v) is 14.9. The van der Waals surface area contributed by atoms with Crippen LogP contribution in [0.15, 0.2) is 53.6 Å². The second kappa shape index (κ2) is 8.68. The Hall–Kier alpha value is -3.08. The molecule has 0 heterocycles. The quantitative estimate of drug-likeness (QED) is 0.336. The van der Waals surface area contributed by atoms with Crippen molar-refractivity contribution in [2.75, 3.05) is 28.3 Å². The number of rotatable bonds is 7. The van der Waals surface area contributed by atoms with Gasteiger partial charge in [-0.2, -0.15) is 5.10 Å². The SMILES string of the molecule is COc1ccc(C(=O)C=Cc2ccc(C=NN(C)C)cc2)cc1OC. The maximum atomic E-state index is 12.3. The molecule has 0 atom stereocenters. The highest BCUT2D eigenvalue weighted by atomic mass is 16.5. The molecule has 25 heavy (non-hydrogen) atoms. The van der Waals surface area contributed by atoms with Crippen molar-refractivity contribution < 1.29 is 14.3 Å². The van der Waals surface area contributed by atoms with Gasteiger partial charge in [0, 0.05) is 19.7 Å². The molecular formula is C20H22N2O3. The summed E-state index contributed by atoms with van der Waals surface area (Å²) in [6.45, 7) is 0. The Morgan fingerprint density at radius 1 is 0.960 bits per heavy atom. The minimum absolute atomic E-state index is 0.0980. The maximum absolute atomic E-state index is 12.3. The van der Waals surface area contributed by atoms with Crippen LogP contribution in [-0.2, 0) is 0 Å². The fraction of sp³-hybridized carbons (Fsp3) is 0.200. The van der Waals surface area contributed by atoms with Crippen molar-refractivity contribution in [1.82, 2.24) is 5.01 Å². The second-order valence-electron chi connectivity index (χ2n) is 5.53. The average Bonchev–Trinajstić information content (AvgIpc) is 2.64. The molecule has 0 N–H and O–H groups in total. The predicted octanol–water partition coefficient (Wildman–Crippen LogP) is 3.50. The lowest BCUT2D eigenvalue weighted by Gasteiger charge is -2.08. The van der Waals surface area contributed by atoms with E-state index in [9.17, 15) is 4.79 Å². The van der Waals surface area contributed by atoms with E-state index in [0.717, 1.165) is 11.1 Å². The number of ether oxygens (including phenoxy) is 2. The van der Waals surface area contributed by atoms with Gasteiger partial charge >= 0.3 is 0 Å². The number of ketones is 1. The summed E-state index contributed by atoms with van der Waals surface area (Å²) in [4.78, 5) is 12.3. The van der Waals surface area contributed by atoms with Gasteiger partial charge in [-0.1, -0.05) is 30.3 Å².